The van der Waals surface area contributed by atoms with Crippen molar-refractivity contribution in [2.45, 2.75) is 6.92 Å². The predicted molar refractivity (Wildman–Crippen MR) is 110 cm³/mol. The van der Waals surface area contributed by atoms with Gasteiger partial charge in [0.05, 0.1) is 30.3 Å². The molecule has 0 aliphatic rings. The fourth-order valence-electron chi connectivity index (χ4n) is 2.77. The van der Waals surface area contributed by atoms with Crippen molar-refractivity contribution in [3.05, 3.63) is 77.6 Å². The summed E-state index contributed by atoms with van der Waals surface area (Å²) in [6, 6.07) is 17.7. The second-order valence-electron chi connectivity index (χ2n) is 6.46. The van der Waals surface area contributed by atoms with E-state index >= 15 is 0 Å². The number of hydrogen-bond acceptors (Lipinski definition) is 4. The maximum atomic E-state index is 11.7. The zero-order chi connectivity index (χ0) is 19.4. The minimum absolute atomic E-state index is 0.365. The second-order valence-corrected chi connectivity index (χ2v) is 6.46. The molecule has 5 nitrogen and oxygen atoms in total. The van der Waals surface area contributed by atoms with Gasteiger partial charge in [-0.2, -0.15) is 0 Å². The van der Waals surface area contributed by atoms with E-state index in [1.54, 1.807) is 12.1 Å². The van der Waals surface area contributed by atoms with Gasteiger partial charge in [0.1, 0.15) is 0 Å². The van der Waals surface area contributed by atoms with Crippen LogP contribution >= 0.6 is 0 Å². The highest BCUT2D eigenvalue weighted by atomic mass is 16.5. The van der Waals surface area contributed by atoms with Gasteiger partial charge in [0.2, 0.25) is 0 Å². The van der Waals surface area contributed by atoms with E-state index in [9.17, 15) is 4.79 Å². The summed E-state index contributed by atoms with van der Waals surface area (Å²) in [5.41, 5.74) is 5.39. The first kappa shape index (κ1) is 18.5. The van der Waals surface area contributed by atoms with Crippen molar-refractivity contribution in [1.82, 2.24) is 4.57 Å². The first-order valence-electron chi connectivity index (χ1n) is 8.68. The molecule has 0 bridgehead atoms. The summed E-state index contributed by atoms with van der Waals surface area (Å²) in [4.78, 5) is 18.4. The molecular formula is C22H23N3O2. The van der Waals surface area contributed by atoms with Crippen LogP contribution in [0, 0.1) is 6.92 Å². The number of ether oxygens (including phenoxy) is 1. The van der Waals surface area contributed by atoms with Gasteiger partial charge < -0.3 is 14.2 Å². The molecule has 2 aromatic carbocycles. The number of aromatic nitrogens is 1. The Morgan fingerprint density at radius 3 is 2.52 bits per heavy atom. The predicted octanol–water partition coefficient (Wildman–Crippen LogP) is 4.39. The molecular weight excluding hydrogens is 338 g/mol. The molecule has 0 saturated carbocycles. The molecule has 0 amide bonds. The van der Waals surface area contributed by atoms with Crippen molar-refractivity contribution in [1.29, 1.82) is 0 Å². The highest BCUT2D eigenvalue weighted by Gasteiger charge is 2.08. The van der Waals surface area contributed by atoms with Crippen molar-refractivity contribution < 1.29 is 9.53 Å². The molecule has 1 aromatic heterocycles. The van der Waals surface area contributed by atoms with Gasteiger partial charge in [0.15, 0.2) is 0 Å². The maximum Gasteiger partial charge on any atom is 0.337 e. The lowest BCUT2D eigenvalue weighted by atomic mass is 10.1. The summed E-state index contributed by atoms with van der Waals surface area (Å²) in [6.07, 6.45) is 3.81. The molecule has 0 saturated heterocycles. The molecule has 0 aliphatic heterocycles. The molecule has 0 N–H and O–H groups in total. The van der Waals surface area contributed by atoms with Gasteiger partial charge in [-0.1, -0.05) is 6.07 Å². The highest BCUT2D eigenvalue weighted by molar-refractivity contribution is 5.91. The lowest BCUT2D eigenvalue weighted by Gasteiger charge is -2.13. The molecule has 0 fully saturated rings. The van der Waals surface area contributed by atoms with Crippen LogP contribution in [0.3, 0.4) is 0 Å². The molecule has 0 radical (unpaired) electrons. The lowest BCUT2D eigenvalue weighted by Crippen LogP contribution is -2.08. The third-order valence-electron chi connectivity index (χ3n) is 4.39. The van der Waals surface area contributed by atoms with Crippen molar-refractivity contribution >= 4 is 23.6 Å². The number of anilines is 1. The molecule has 1 heterocycles. The van der Waals surface area contributed by atoms with E-state index in [1.807, 2.05) is 51.6 Å². The summed E-state index contributed by atoms with van der Waals surface area (Å²) in [7, 11) is 5.42. The third kappa shape index (κ3) is 4.08. The average molecular weight is 361 g/mol. The number of aliphatic imine (C=N–C) groups is 1. The number of aryl methyl sites for hydroxylation is 1. The standard InChI is InChI=1S/C22H23N3O2/c1-16-7-8-17(22(26)27-4)14-21(16)23-15-20-6-5-13-25(20)19-11-9-18(10-12-19)24(2)3/h5-15H,1-4H3. The zero-order valence-electron chi connectivity index (χ0n) is 16.0. The molecule has 0 atom stereocenters. The fraction of sp³-hybridized carbons (Fsp3) is 0.182. The van der Waals surface area contributed by atoms with Gasteiger partial charge in [0, 0.05) is 31.7 Å². The van der Waals surface area contributed by atoms with Gasteiger partial charge in [-0.15, -0.1) is 0 Å². The van der Waals surface area contributed by atoms with Crippen LogP contribution in [0.2, 0.25) is 0 Å². The fourth-order valence-corrected chi connectivity index (χ4v) is 2.77. The van der Waals surface area contributed by atoms with Crippen LogP contribution in [0.4, 0.5) is 11.4 Å². The number of benzene rings is 2. The Kier molecular flexibility index (Phi) is 5.41. The van der Waals surface area contributed by atoms with Gasteiger partial charge in [-0.25, -0.2) is 4.79 Å². The minimum Gasteiger partial charge on any atom is -0.465 e. The largest absolute Gasteiger partial charge is 0.465 e. The van der Waals surface area contributed by atoms with Crippen LogP contribution in [0.5, 0.6) is 0 Å². The Labute approximate surface area is 159 Å². The number of carbonyl (C=O) groups excluding carboxylic acids is 1. The quantitative estimate of drug-likeness (QED) is 0.500. The Balaban J connectivity index is 1.89. The Morgan fingerprint density at radius 2 is 1.85 bits per heavy atom. The monoisotopic (exact) mass is 361 g/mol. The average Bonchev–Trinajstić information content (AvgIpc) is 3.15. The van der Waals surface area contributed by atoms with Crippen molar-refractivity contribution in [3.63, 3.8) is 0 Å². The van der Waals surface area contributed by atoms with Gasteiger partial charge in [-0.3, -0.25) is 4.99 Å². The Bertz CT molecular complexity index is 969. The van der Waals surface area contributed by atoms with Crippen LogP contribution in [-0.4, -0.2) is 38.0 Å². The number of rotatable bonds is 5. The minimum atomic E-state index is -0.365. The van der Waals surface area contributed by atoms with E-state index in [-0.39, 0.29) is 5.97 Å². The van der Waals surface area contributed by atoms with Gasteiger partial charge in [-0.05, 0) is 61.0 Å². The molecule has 0 unspecified atom stereocenters. The molecule has 3 rings (SSSR count). The number of esters is 1. The summed E-state index contributed by atoms with van der Waals surface area (Å²) in [5.74, 6) is -0.365. The van der Waals surface area contributed by atoms with Crippen molar-refractivity contribution in [2.24, 2.45) is 4.99 Å². The van der Waals surface area contributed by atoms with E-state index in [2.05, 4.69) is 38.7 Å². The molecule has 27 heavy (non-hydrogen) atoms. The van der Waals surface area contributed by atoms with Crippen LogP contribution in [0.1, 0.15) is 21.6 Å². The Hall–Kier alpha value is -3.34. The van der Waals surface area contributed by atoms with E-state index in [4.69, 9.17) is 4.74 Å². The number of nitrogens with zero attached hydrogens (tertiary/aromatic N) is 3. The third-order valence-corrected chi connectivity index (χ3v) is 4.39. The molecule has 0 spiro atoms. The van der Waals surface area contributed by atoms with Gasteiger partial charge >= 0.3 is 5.97 Å². The smallest absolute Gasteiger partial charge is 0.337 e. The van der Waals surface area contributed by atoms with Crippen LogP contribution < -0.4 is 4.90 Å². The van der Waals surface area contributed by atoms with Crippen LogP contribution in [0.25, 0.3) is 5.69 Å². The van der Waals surface area contributed by atoms with Crippen LogP contribution in [-0.2, 0) is 4.74 Å². The Morgan fingerprint density at radius 1 is 1.11 bits per heavy atom. The number of hydrogen-bond donors (Lipinski definition) is 0. The SMILES string of the molecule is COC(=O)c1ccc(C)c(N=Cc2cccn2-c2ccc(N(C)C)cc2)c1. The topological polar surface area (TPSA) is 46.8 Å². The molecule has 0 aliphatic carbocycles. The van der Waals surface area contributed by atoms with E-state index in [0.29, 0.717) is 5.56 Å². The van der Waals surface area contributed by atoms with Crippen molar-refractivity contribution in [3.8, 4) is 5.69 Å². The molecule has 3 aromatic rings. The highest BCUT2D eigenvalue weighted by Crippen LogP contribution is 2.22. The molecule has 5 heteroatoms. The number of methoxy groups -OCH3 is 1. The maximum absolute atomic E-state index is 11.7. The number of carbonyl (C=O) groups is 1. The molecule has 138 valence electrons. The summed E-state index contributed by atoms with van der Waals surface area (Å²) >= 11 is 0. The first-order valence-corrected chi connectivity index (χ1v) is 8.68. The van der Waals surface area contributed by atoms with E-state index in [0.717, 1.165) is 28.3 Å². The summed E-state index contributed by atoms with van der Waals surface area (Å²) in [6.45, 7) is 1.97. The first-order chi connectivity index (χ1) is 13.0. The van der Waals surface area contributed by atoms with E-state index in [1.165, 1.54) is 7.11 Å². The second kappa shape index (κ2) is 7.91. The normalized spacial score (nSPS) is 11.0. The van der Waals surface area contributed by atoms with Gasteiger partial charge in [0.25, 0.3) is 0 Å². The lowest BCUT2D eigenvalue weighted by molar-refractivity contribution is 0.0601. The van der Waals surface area contributed by atoms with Crippen LogP contribution in [0.15, 0.2) is 65.8 Å². The zero-order valence-corrected chi connectivity index (χ0v) is 16.0. The summed E-state index contributed by atoms with van der Waals surface area (Å²) in [5, 5.41) is 0. The summed E-state index contributed by atoms with van der Waals surface area (Å²) < 4.78 is 6.86. The van der Waals surface area contributed by atoms with Crippen molar-refractivity contribution in [2.75, 3.05) is 26.1 Å². The van der Waals surface area contributed by atoms with E-state index < -0.39 is 0 Å².